The van der Waals surface area contributed by atoms with Crippen LogP contribution in [0.4, 0.5) is 5.69 Å². The molecule has 4 aromatic rings. The summed E-state index contributed by atoms with van der Waals surface area (Å²) in [5.74, 6) is 0.512. The third-order valence-corrected chi connectivity index (χ3v) is 4.79. The fourth-order valence-corrected chi connectivity index (χ4v) is 3.38. The van der Waals surface area contributed by atoms with Gasteiger partial charge in [0, 0.05) is 16.8 Å². The Morgan fingerprint density at radius 1 is 1.07 bits per heavy atom. The van der Waals surface area contributed by atoms with Crippen LogP contribution in [0.3, 0.4) is 0 Å². The number of carbonyl (C=O) groups excluding carboxylic acids is 1. The van der Waals surface area contributed by atoms with Crippen LogP contribution < -0.4 is 10.1 Å². The Kier molecular flexibility index (Phi) is 5.49. The number of amides is 1. The van der Waals surface area contributed by atoms with Crippen molar-refractivity contribution in [3.05, 3.63) is 83.6 Å². The number of aromatic nitrogens is 2. The van der Waals surface area contributed by atoms with Gasteiger partial charge in [-0.2, -0.15) is 0 Å². The number of pyridine rings is 1. The van der Waals surface area contributed by atoms with E-state index in [9.17, 15) is 4.79 Å². The molecule has 0 saturated carbocycles. The number of nitrogens with one attached hydrogen (secondary N) is 1. The van der Waals surface area contributed by atoms with Crippen LogP contribution in [0.15, 0.2) is 72.9 Å². The molecule has 2 aromatic carbocycles. The van der Waals surface area contributed by atoms with Crippen molar-refractivity contribution >= 4 is 28.8 Å². The number of carbonyl (C=O) groups is 1. The third kappa shape index (κ3) is 4.10. The first-order valence-corrected chi connectivity index (χ1v) is 9.77. The van der Waals surface area contributed by atoms with Gasteiger partial charge in [0.25, 0.3) is 0 Å². The monoisotopic (exact) mass is 405 g/mol. The molecule has 0 unspecified atom stereocenters. The number of fused-ring (bicyclic) bond motifs is 1. The number of rotatable bonds is 6. The van der Waals surface area contributed by atoms with E-state index in [1.54, 1.807) is 0 Å². The summed E-state index contributed by atoms with van der Waals surface area (Å²) in [5, 5.41) is 3.62. The smallest absolute Gasteiger partial charge is 0.230 e. The predicted molar refractivity (Wildman–Crippen MR) is 116 cm³/mol. The molecular formula is C23H20ClN3O2. The van der Waals surface area contributed by atoms with Crippen LogP contribution in [0.5, 0.6) is 5.75 Å². The standard InChI is InChI=1S/C23H20ClN3O2/c1-2-29-20-8-4-3-7-18(20)25-22(28)15-19-23(16-10-12-17(24)13-11-16)26-21-9-5-6-14-27(19)21/h3-14H,2,15H2,1H3,(H,25,28). The molecule has 0 saturated heterocycles. The first-order valence-electron chi connectivity index (χ1n) is 9.39. The maximum absolute atomic E-state index is 12.9. The number of hydrogen-bond acceptors (Lipinski definition) is 3. The molecule has 0 aliphatic carbocycles. The predicted octanol–water partition coefficient (Wildman–Crippen LogP) is 5.23. The minimum absolute atomic E-state index is 0.141. The van der Waals surface area contributed by atoms with Gasteiger partial charge in [-0.15, -0.1) is 0 Å². The van der Waals surface area contributed by atoms with Gasteiger partial charge >= 0.3 is 0 Å². The minimum Gasteiger partial charge on any atom is -0.492 e. The van der Waals surface area contributed by atoms with Crippen LogP contribution in [0.25, 0.3) is 16.9 Å². The second kappa shape index (κ2) is 8.37. The Balaban J connectivity index is 1.68. The number of anilines is 1. The summed E-state index contributed by atoms with van der Waals surface area (Å²) in [6, 6.07) is 20.7. The lowest BCUT2D eigenvalue weighted by molar-refractivity contribution is -0.115. The minimum atomic E-state index is -0.141. The lowest BCUT2D eigenvalue weighted by Crippen LogP contribution is -2.16. The van der Waals surface area contributed by atoms with Crippen molar-refractivity contribution < 1.29 is 9.53 Å². The lowest BCUT2D eigenvalue weighted by atomic mass is 10.1. The van der Waals surface area contributed by atoms with Crippen molar-refractivity contribution in [1.29, 1.82) is 0 Å². The number of hydrogen-bond donors (Lipinski definition) is 1. The van der Waals surface area contributed by atoms with E-state index in [-0.39, 0.29) is 12.3 Å². The zero-order chi connectivity index (χ0) is 20.2. The molecule has 1 N–H and O–H groups in total. The van der Waals surface area contributed by atoms with Crippen LogP contribution in [0.2, 0.25) is 5.02 Å². The van der Waals surface area contributed by atoms with Crippen LogP contribution in [0, 0.1) is 0 Å². The molecule has 1 amide bonds. The molecule has 146 valence electrons. The van der Waals surface area contributed by atoms with Crippen molar-refractivity contribution in [3.8, 4) is 17.0 Å². The molecule has 0 spiro atoms. The van der Waals surface area contributed by atoms with Gasteiger partial charge in [-0.25, -0.2) is 4.98 Å². The Bertz CT molecular complexity index is 1150. The van der Waals surface area contributed by atoms with Crippen LogP contribution >= 0.6 is 11.6 Å². The summed E-state index contributed by atoms with van der Waals surface area (Å²) < 4.78 is 7.55. The molecule has 0 radical (unpaired) electrons. The van der Waals surface area contributed by atoms with Crippen LogP contribution in [-0.4, -0.2) is 21.9 Å². The summed E-state index contributed by atoms with van der Waals surface area (Å²) in [5.41, 5.74) is 3.93. The highest BCUT2D eigenvalue weighted by atomic mass is 35.5. The van der Waals surface area contributed by atoms with E-state index in [0.29, 0.717) is 23.1 Å². The van der Waals surface area contributed by atoms with E-state index in [1.165, 1.54) is 0 Å². The number of halogens is 1. The number of nitrogens with zero attached hydrogens (tertiary/aromatic N) is 2. The Morgan fingerprint density at radius 3 is 2.62 bits per heavy atom. The summed E-state index contributed by atoms with van der Waals surface area (Å²) in [6.07, 6.45) is 2.09. The highest BCUT2D eigenvalue weighted by Crippen LogP contribution is 2.28. The third-order valence-electron chi connectivity index (χ3n) is 4.54. The average molecular weight is 406 g/mol. The quantitative estimate of drug-likeness (QED) is 0.477. The molecule has 0 atom stereocenters. The molecular weight excluding hydrogens is 386 g/mol. The Labute approximate surface area is 173 Å². The summed E-state index contributed by atoms with van der Waals surface area (Å²) in [6.45, 7) is 2.44. The molecule has 5 nitrogen and oxygen atoms in total. The molecule has 0 aliphatic heterocycles. The van der Waals surface area contributed by atoms with E-state index >= 15 is 0 Å². The maximum atomic E-state index is 12.9. The zero-order valence-electron chi connectivity index (χ0n) is 15.9. The van der Waals surface area contributed by atoms with Gasteiger partial charge < -0.3 is 14.5 Å². The molecule has 2 heterocycles. The van der Waals surface area contributed by atoms with Crippen molar-refractivity contribution in [2.45, 2.75) is 13.3 Å². The van der Waals surface area contributed by atoms with Gasteiger partial charge in [0.05, 0.1) is 30.1 Å². The number of imidazole rings is 1. The molecule has 29 heavy (non-hydrogen) atoms. The highest BCUT2D eigenvalue weighted by Gasteiger charge is 2.18. The normalized spacial score (nSPS) is 10.8. The lowest BCUT2D eigenvalue weighted by Gasteiger charge is -2.12. The van der Waals surface area contributed by atoms with Gasteiger partial charge in [-0.1, -0.05) is 41.9 Å². The SMILES string of the molecule is CCOc1ccccc1NC(=O)Cc1c(-c2ccc(Cl)cc2)nc2ccccn12. The second-order valence-corrected chi connectivity index (χ2v) is 6.93. The molecule has 0 fully saturated rings. The second-order valence-electron chi connectivity index (χ2n) is 6.50. The van der Waals surface area contributed by atoms with E-state index < -0.39 is 0 Å². The Hall–Kier alpha value is -3.31. The molecule has 6 heteroatoms. The van der Waals surface area contributed by atoms with Crippen molar-refractivity contribution in [2.75, 3.05) is 11.9 Å². The van der Waals surface area contributed by atoms with Gasteiger partial charge in [0.15, 0.2) is 0 Å². The molecule has 0 bridgehead atoms. The summed E-state index contributed by atoms with van der Waals surface area (Å²) in [7, 11) is 0. The number of ether oxygens (including phenoxy) is 1. The van der Waals surface area contributed by atoms with Gasteiger partial charge in [-0.3, -0.25) is 4.79 Å². The largest absolute Gasteiger partial charge is 0.492 e. The number of para-hydroxylation sites is 2. The summed E-state index contributed by atoms with van der Waals surface area (Å²) in [4.78, 5) is 17.6. The van der Waals surface area contributed by atoms with E-state index in [1.807, 2.05) is 84.3 Å². The van der Waals surface area contributed by atoms with Crippen molar-refractivity contribution in [3.63, 3.8) is 0 Å². The van der Waals surface area contributed by atoms with Crippen LogP contribution in [0.1, 0.15) is 12.6 Å². The molecule has 0 aliphatic rings. The first kappa shape index (κ1) is 19.0. The zero-order valence-corrected chi connectivity index (χ0v) is 16.7. The van der Waals surface area contributed by atoms with Gasteiger partial charge in [-0.05, 0) is 43.3 Å². The van der Waals surface area contributed by atoms with E-state index in [4.69, 9.17) is 21.3 Å². The average Bonchev–Trinajstić information content (AvgIpc) is 3.09. The first-order chi connectivity index (χ1) is 14.2. The van der Waals surface area contributed by atoms with Gasteiger partial charge in [0.2, 0.25) is 5.91 Å². The molecule has 4 rings (SSSR count). The summed E-state index contributed by atoms with van der Waals surface area (Å²) >= 11 is 6.03. The van der Waals surface area contributed by atoms with E-state index in [0.717, 1.165) is 22.6 Å². The van der Waals surface area contributed by atoms with Crippen molar-refractivity contribution in [2.24, 2.45) is 0 Å². The maximum Gasteiger partial charge on any atom is 0.230 e. The topological polar surface area (TPSA) is 55.6 Å². The fraction of sp³-hybridized carbons (Fsp3) is 0.130. The Morgan fingerprint density at radius 2 is 1.83 bits per heavy atom. The van der Waals surface area contributed by atoms with Crippen LogP contribution in [-0.2, 0) is 11.2 Å². The molecule has 2 aromatic heterocycles. The van der Waals surface area contributed by atoms with Gasteiger partial charge in [0.1, 0.15) is 11.4 Å². The number of benzene rings is 2. The highest BCUT2D eigenvalue weighted by molar-refractivity contribution is 6.30. The fourth-order valence-electron chi connectivity index (χ4n) is 3.25. The van der Waals surface area contributed by atoms with E-state index in [2.05, 4.69) is 5.32 Å². The van der Waals surface area contributed by atoms with Crippen molar-refractivity contribution in [1.82, 2.24) is 9.38 Å².